The summed E-state index contributed by atoms with van der Waals surface area (Å²) in [5.41, 5.74) is 1.36. The molecular weight excluding hydrogens is 564 g/mol. The van der Waals surface area contributed by atoms with Crippen LogP contribution < -0.4 is 4.74 Å². The van der Waals surface area contributed by atoms with Crippen molar-refractivity contribution in [3.63, 3.8) is 0 Å². The fourth-order valence-corrected chi connectivity index (χ4v) is 5.56. The lowest BCUT2D eigenvalue weighted by Gasteiger charge is -2.33. The van der Waals surface area contributed by atoms with Crippen LogP contribution in [-0.2, 0) is 22.8 Å². The fraction of sp³-hybridized carbons (Fsp3) is 0.500. The number of pyridine rings is 1. The highest BCUT2D eigenvalue weighted by Crippen LogP contribution is 2.37. The first-order valence-corrected chi connectivity index (χ1v) is 18.5. The zero-order valence-electron chi connectivity index (χ0n) is 26.1. The van der Waals surface area contributed by atoms with E-state index in [9.17, 15) is 14.7 Å². The van der Waals surface area contributed by atoms with E-state index in [2.05, 4.69) is 24.6 Å². The van der Waals surface area contributed by atoms with Gasteiger partial charge in [-0.25, -0.2) is 19.6 Å². The van der Waals surface area contributed by atoms with Crippen LogP contribution >= 0.6 is 0 Å². The summed E-state index contributed by atoms with van der Waals surface area (Å²) in [5, 5.41) is 10.3. The van der Waals surface area contributed by atoms with Crippen molar-refractivity contribution in [1.29, 1.82) is 0 Å². The van der Waals surface area contributed by atoms with Gasteiger partial charge in [0, 0.05) is 51.8 Å². The second-order valence-electron chi connectivity index (χ2n) is 13.2. The number of aromatic carboxylic acids is 1. The number of ether oxygens (including phenoxy) is 3. The summed E-state index contributed by atoms with van der Waals surface area (Å²) in [6.07, 6.45) is 4.38. The summed E-state index contributed by atoms with van der Waals surface area (Å²) in [4.78, 5) is 36.5. The molecule has 1 aliphatic rings. The van der Waals surface area contributed by atoms with E-state index < -0.39 is 19.6 Å². The van der Waals surface area contributed by atoms with Crippen LogP contribution in [0.2, 0.25) is 25.7 Å². The van der Waals surface area contributed by atoms with E-state index in [0.717, 1.165) is 11.6 Å². The van der Waals surface area contributed by atoms with Crippen molar-refractivity contribution in [3.05, 3.63) is 65.6 Å². The number of nitrogens with zero attached hydrogens (tertiary/aromatic N) is 4. The van der Waals surface area contributed by atoms with Gasteiger partial charge in [0.2, 0.25) is 0 Å². The van der Waals surface area contributed by atoms with Gasteiger partial charge in [0.1, 0.15) is 30.2 Å². The molecule has 0 spiro atoms. The summed E-state index contributed by atoms with van der Waals surface area (Å²) in [5.74, 6) is -0.508. The molecule has 1 fully saturated rings. The Balaban J connectivity index is 1.65. The fourth-order valence-electron chi connectivity index (χ4n) is 4.80. The van der Waals surface area contributed by atoms with Gasteiger partial charge in [-0.05, 0) is 51.3 Å². The minimum Gasteiger partial charge on any atom is -0.486 e. The minimum atomic E-state index is -1.26. The van der Waals surface area contributed by atoms with E-state index in [1.165, 1.54) is 0 Å². The maximum Gasteiger partial charge on any atom is 0.410 e. The quantitative estimate of drug-likeness (QED) is 0.190. The molecule has 43 heavy (non-hydrogen) atoms. The van der Waals surface area contributed by atoms with Crippen molar-refractivity contribution < 1.29 is 28.9 Å². The van der Waals surface area contributed by atoms with Gasteiger partial charge in [-0.1, -0.05) is 50.0 Å². The zero-order chi connectivity index (χ0) is 31.2. The topological polar surface area (TPSA) is 116 Å². The second kappa shape index (κ2) is 13.7. The van der Waals surface area contributed by atoms with Gasteiger partial charge >= 0.3 is 12.1 Å². The highest BCUT2D eigenvalue weighted by atomic mass is 28.3. The normalized spacial score (nSPS) is 14.5. The maximum atomic E-state index is 12.6. The molecule has 3 aromatic rings. The van der Waals surface area contributed by atoms with Crippen LogP contribution in [0.15, 0.2) is 48.8 Å². The molecule has 1 saturated heterocycles. The molecule has 1 aromatic carbocycles. The number of likely N-dealkylation sites (tertiary alicyclic amines) is 1. The van der Waals surface area contributed by atoms with Crippen molar-refractivity contribution >= 4 is 20.1 Å². The van der Waals surface area contributed by atoms with E-state index in [4.69, 9.17) is 19.2 Å². The number of rotatable bonds is 11. The number of carbonyl (C=O) groups excluding carboxylic acids is 1. The monoisotopic (exact) mass is 608 g/mol. The Hall–Kier alpha value is -3.70. The Morgan fingerprint density at radius 1 is 1.09 bits per heavy atom. The first-order valence-electron chi connectivity index (χ1n) is 14.8. The number of carboxylic acids is 1. The van der Waals surface area contributed by atoms with Crippen LogP contribution in [0.3, 0.4) is 0 Å². The van der Waals surface area contributed by atoms with Gasteiger partial charge in [0.25, 0.3) is 0 Å². The van der Waals surface area contributed by atoms with Crippen LogP contribution in [0.5, 0.6) is 5.75 Å². The third-order valence-electron chi connectivity index (χ3n) is 7.17. The molecule has 1 aliphatic heterocycles. The van der Waals surface area contributed by atoms with Gasteiger partial charge in [-0.15, -0.1) is 0 Å². The summed E-state index contributed by atoms with van der Waals surface area (Å²) < 4.78 is 19.6. The number of amides is 1. The van der Waals surface area contributed by atoms with Gasteiger partial charge in [-0.2, -0.15) is 0 Å². The Labute approximate surface area is 255 Å². The molecule has 2 aromatic heterocycles. The number of imidazole rings is 1. The van der Waals surface area contributed by atoms with Gasteiger partial charge < -0.3 is 28.8 Å². The average molecular weight is 609 g/mol. The van der Waals surface area contributed by atoms with E-state index in [1.807, 2.05) is 55.7 Å². The number of hydrogen-bond acceptors (Lipinski definition) is 7. The molecule has 3 heterocycles. The molecule has 0 bridgehead atoms. The first kappa shape index (κ1) is 32.2. The molecule has 1 amide bonds. The van der Waals surface area contributed by atoms with Crippen LogP contribution in [0.25, 0.3) is 11.5 Å². The molecule has 232 valence electrons. The number of hydrogen-bond donors (Lipinski definition) is 1. The zero-order valence-corrected chi connectivity index (χ0v) is 27.1. The largest absolute Gasteiger partial charge is 0.486 e. The van der Waals surface area contributed by atoms with Crippen LogP contribution in [-0.4, -0.2) is 70.0 Å². The summed E-state index contributed by atoms with van der Waals surface area (Å²) in [6.45, 7) is 14.5. The Morgan fingerprint density at radius 3 is 2.42 bits per heavy atom. The SMILES string of the molecule is CC(C)(C)OC(=O)N1CCC(c2cc(C(=O)O)c(OCc3ccccc3)c(-c3nccn3COCC[Si](C)(C)C)n2)CC1. The number of aromatic nitrogens is 3. The number of carboxylic acid groups (broad SMARTS) is 1. The van der Waals surface area contributed by atoms with Crippen LogP contribution in [0.1, 0.15) is 61.1 Å². The maximum absolute atomic E-state index is 12.6. The Morgan fingerprint density at radius 2 is 1.79 bits per heavy atom. The van der Waals surface area contributed by atoms with Crippen molar-refractivity contribution in [3.8, 4) is 17.3 Å². The van der Waals surface area contributed by atoms with E-state index in [1.54, 1.807) is 23.4 Å². The lowest BCUT2D eigenvalue weighted by molar-refractivity contribution is 0.0204. The van der Waals surface area contributed by atoms with Crippen LogP contribution in [0, 0.1) is 0 Å². The molecular formula is C32H44N4O6Si. The molecule has 0 atom stereocenters. The molecule has 11 heteroatoms. The van der Waals surface area contributed by atoms with Crippen LogP contribution in [0.4, 0.5) is 4.79 Å². The smallest absolute Gasteiger partial charge is 0.410 e. The second-order valence-corrected chi connectivity index (χ2v) is 18.8. The molecule has 0 aliphatic carbocycles. The number of carbonyl (C=O) groups is 2. The molecule has 10 nitrogen and oxygen atoms in total. The van der Waals surface area contributed by atoms with E-state index in [0.29, 0.717) is 49.8 Å². The summed E-state index contributed by atoms with van der Waals surface area (Å²) in [7, 11) is -1.26. The average Bonchev–Trinajstić information content (AvgIpc) is 3.41. The molecule has 0 unspecified atom stereocenters. The lowest BCUT2D eigenvalue weighted by atomic mass is 9.92. The van der Waals surface area contributed by atoms with Gasteiger partial charge in [0.05, 0.1) is 0 Å². The van der Waals surface area contributed by atoms with E-state index >= 15 is 0 Å². The highest BCUT2D eigenvalue weighted by Gasteiger charge is 2.31. The summed E-state index contributed by atoms with van der Waals surface area (Å²) in [6, 6.07) is 12.2. The summed E-state index contributed by atoms with van der Waals surface area (Å²) >= 11 is 0. The number of piperidine rings is 1. The van der Waals surface area contributed by atoms with Gasteiger partial charge in [-0.3, -0.25) is 0 Å². The Bertz CT molecular complexity index is 1390. The minimum absolute atomic E-state index is 0.0275. The predicted molar refractivity (Wildman–Crippen MR) is 167 cm³/mol. The standard InChI is InChI=1S/C32H44N4O6Si/c1-32(2,3)42-31(39)35-15-12-24(13-16-35)26-20-25(30(37)38)28(41-21-23-10-8-7-9-11-23)27(34-26)29-33-14-17-36(29)22-40-18-19-43(4,5)6/h7-11,14,17,20,24H,12-13,15-16,18-19,21-22H2,1-6H3,(H,37,38). The number of benzene rings is 1. The van der Waals surface area contributed by atoms with Gasteiger partial charge in [0.15, 0.2) is 11.6 Å². The van der Waals surface area contributed by atoms with E-state index in [-0.39, 0.29) is 36.7 Å². The highest BCUT2D eigenvalue weighted by molar-refractivity contribution is 6.76. The molecule has 0 radical (unpaired) electrons. The molecule has 4 rings (SSSR count). The third-order valence-corrected chi connectivity index (χ3v) is 8.87. The van der Waals surface area contributed by atoms with Crippen molar-refractivity contribution in [2.75, 3.05) is 19.7 Å². The lowest BCUT2D eigenvalue weighted by Crippen LogP contribution is -2.41. The molecule has 1 N–H and O–H groups in total. The van der Waals surface area contributed by atoms with Crippen molar-refractivity contribution in [1.82, 2.24) is 19.4 Å². The third kappa shape index (κ3) is 9.14. The Kier molecular flexibility index (Phi) is 10.3. The molecule has 0 saturated carbocycles. The van der Waals surface area contributed by atoms with Crippen molar-refractivity contribution in [2.45, 2.75) is 84.2 Å². The van der Waals surface area contributed by atoms with Crippen molar-refractivity contribution in [2.24, 2.45) is 0 Å². The first-order chi connectivity index (χ1) is 20.3. The predicted octanol–water partition coefficient (Wildman–Crippen LogP) is 6.65.